The minimum absolute atomic E-state index is 0.158. The Morgan fingerprint density at radius 3 is 2.00 bits per heavy atom. The van der Waals surface area contributed by atoms with E-state index in [4.69, 9.17) is 0 Å². The molecule has 1 atom stereocenters. The molecule has 0 aliphatic heterocycles. The summed E-state index contributed by atoms with van der Waals surface area (Å²) in [5.41, 5.74) is 5.12. The molecule has 0 bridgehead atoms. The Morgan fingerprint density at radius 1 is 1.17 bits per heavy atom. The molecule has 1 aromatic carbocycles. The number of nitriles is 1. The number of benzene rings is 1. The molecule has 1 aliphatic carbocycles. The van der Waals surface area contributed by atoms with Crippen LogP contribution in [0.4, 0.5) is 0 Å². The van der Waals surface area contributed by atoms with Crippen molar-refractivity contribution < 1.29 is 0 Å². The van der Waals surface area contributed by atoms with E-state index in [0.717, 1.165) is 12.8 Å². The Kier molecular flexibility index (Phi) is 3.21. The summed E-state index contributed by atoms with van der Waals surface area (Å²) < 4.78 is 0. The minimum atomic E-state index is -0.158. The molecule has 2 nitrogen and oxygen atoms in total. The van der Waals surface area contributed by atoms with Crippen molar-refractivity contribution in [2.75, 3.05) is 14.1 Å². The first-order valence-corrected chi connectivity index (χ1v) is 6.57. The van der Waals surface area contributed by atoms with Gasteiger partial charge in [-0.05, 0) is 64.4 Å². The van der Waals surface area contributed by atoms with E-state index >= 15 is 0 Å². The Hall–Kier alpha value is -1.33. The first-order valence-electron chi connectivity index (χ1n) is 6.57. The second kappa shape index (κ2) is 4.40. The minimum Gasteiger partial charge on any atom is -0.301 e. The van der Waals surface area contributed by atoms with Gasteiger partial charge in [-0.15, -0.1) is 0 Å². The molecule has 18 heavy (non-hydrogen) atoms. The van der Waals surface area contributed by atoms with Crippen LogP contribution in [0.1, 0.15) is 41.1 Å². The molecular weight excluding hydrogens is 220 g/mol. The Morgan fingerprint density at radius 2 is 1.67 bits per heavy atom. The van der Waals surface area contributed by atoms with Gasteiger partial charge in [-0.2, -0.15) is 5.26 Å². The van der Waals surface area contributed by atoms with Crippen molar-refractivity contribution >= 4 is 0 Å². The normalized spacial score (nSPS) is 18.5. The summed E-state index contributed by atoms with van der Waals surface area (Å²) in [5.74, 6) is 0. The van der Waals surface area contributed by atoms with Crippen molar-refractivity contribution in [1.82, 2.24) is 4.90 Å². The van der Waals surface area contributed by atoms with Gasteiger partial charge in [0.25, 0.3) is 0 Å². The topological polar surface area (TPSA) is 27.0 Å². The highest BCUT2D eigenvalue weighted by Gasteiger charge is 2.52. The Balaban J connectivity index is 2.55. The molecular formula is C16H22N2. The third kappa shape index (κ3) is 2.04. The van der Waals surface area contributed by atoms with E-state index in [1.807, 2.05) is 0 Å². The molecule has 0 amide bonds. The van der Waals surface area contributed by atoms with Crippen molar-refractivity contribution in [1.29, 1.82) is 5.26 Å². The molecule has 0 spiro atoms. The number of hydrogen-bond acceptors (Lipinski definition) is 2. The summed E-state index contributed by atoms with van der Waals surface area (Å²) in [4.78, 5) is 2.21. The quantitative estimate of drug-likeness (QED) is 0.811. The number of aryl methyl sites for hydroxylation is 3. The van der Waals surface area contributed by atoms with E-state index in [-0.39, 0.29) is 11.5 Å². The molecule has 96 valence electrons. The molecule has 1 aromatic rings. The molecule has 1 saturated carbocycles. The lowest BCUT2D eigenvalue weighted by Crippen LogP contribution is -2.29. The molecule has 1 unspecified atom stereocenters. The van der Waals surface area contributed by atoms with Gasteiger partial charge in [0, 0.05) is 0 Å². The van der Waals surface area contributed by atoms with E-state index in [9.17, 15) is 5.26 Å². The molecule has 1 fully saturated rings. The third-order valence-electron chi connectivity index (χ3n) is 4.06. The second-order valence-electron chi connectivity index (χ2n) is 5.95. The molecule has 2 heteroatoms. The van der Waals surface area contributed by atoms with Crippen LogP contribution in [0.3, 0.4) is 0 Å². The fourth-order valence-electron chi connectivity index (χ4n) is 3.23. The standard InChI is InChI=1S/C16H22N2/c1-11-8-12(2)14(13(3)9-11)15(18(4)5)16(10-17)6-7-16/h8-9,15H,6-7H2,1-5H3. The van der Waals surface area contributed by atoms with Gasteiger partial charge in [0.05, 0.1) is 17.5 Å². The van der Waals surface area contributed by atoms with Gasteiger partial charge in [-0.1, -0.05) is 17.7 Å². The number of rotatable bonds is 3. The third-order valence-corrected chi connectivity index (χ3v) is 4.06. The summed E-state index contributed by atoms with van der Waals surface area (Å²) >= 11 is 0. The summed E-state index contributed by atoms with van der Waals surface area (Å²) in [6, 6.07) is 7.24. The van der Waals surface area contributed by atoms with Crippen molar-refractivity contribution in [2.24, 2.45) is 5.41 Å². The summed E-state index contributed by atoms with van der Waals surface area (Å²) in [5, 5.41) is 9.50. The van der Waals surface area contributed by atoms with Gasteiger partial charge in [-0.3, -0.25) is 0 Å². The average molecular weight is 242 g/mol. The summed E-state index contributed by atoms with van der Waals surface area (Å²) in [6.45, 7) is 6.46. The molecule has 0 heterocycles. The highest BCUT2D eigenvalue weighted by molar-refractivity contribution is 5.42. The Bertz CT molecular complexity index is 481. The first kappa shape index (κ1) is 13.1. The van der Waals surface area contributed by atoms with E-state index in [1.165, 1.54) is 22.3 Å². The zero-order chi connectivity index (χ0) is 13.5. The van der Waals surface area contributed by atoms with Gasteiger partial charge in [0.15, 0.2) is 0 Å². The van der Waals surface area contributed by atoms with E-state index in [2.05, 4.69) is 58.0 Å². The smallest absolute Gasteiger partial charge is 0.0771 e. The van der Waals surface area contributed by atoms with E-state index in [0.29, 0.717) is 0 Å². The molecule has 1 aliphatic rings. The zero-order valence-electron chi connectivity index (χ0n) is 12.0. The fourth-order valence-corrected chi connectivity index (χ4v) is 3.23. The first-order chi connectivity index (χ1) is 8.41. The maximum Gasteiger partial charge on any atom is 0.0771 e. The van der Waals surface area contributed by atoms with Crippen molar-refractivity contribution in [3.8, 4) is 6.07 Å². The van der Waals surface area contributed by atoms with Crippen LogP contribution in [0.25, 0.3) is 0 Å². The highest BCUT2D eigenvalue weighted by atomic mass is 15.1. The summed E-state index contributed by atoms with van der Waals surface area (Å²) in [6.07, 6.45) is 2.05. The maximum absolute atomic E-state index is 9.50. The van der Waals surface area contributed by atoms with E-state index in [1.54, 1.807) is 0 Å². The lowest BCUT2D eigenvalue weighted by Gasteiger charge is -2.31. The predicted octanol–water partition coefficient (Wildman–Crippen LogP) is 3.52. The van der Waals surface area contributed by atoms with Crippen molar-refractivity contribution in [3.05, 3.63) is 34.4 Å². The SMILES string of the molecule is Cc1cc(C)c(C(N(C)C)C2(C#N)CC2)c(C)c1. The molecule has 0 radical (unpaired) electrons. The van der Waals surface area contributed by atoms with Gasteiger partial charge in [0.1, 0.15) is 0 Å². The van der Waals surface area contributed by atoms with Crippen LogP contribution in [0.2, 0.25) is 0 Å². The van der Waals surface area contributed by atoms with Crippen LogP contribution < -0.4 is 0 Å². The number of hydrogen-bond donors (Lipinski definition) is 0. The molecule has 2 rings (SSSR count). The number of nitrogens with zero attached hydrogens (tertiary/aromatic N) is 2. The maximum atomic E-state index is 9.50. The van der Waals surface area contributed by atoms with E-state index < -0.39 is 0 Å². The Labute approximate surface area is 110 Å². The predicted molar refractivity (Wildman–Crippen MR) is 74.4 cm³/mol. The fraction of sp³-hybridized carbons (Fsp3) is 0.562. The lowest BCUT2D eigenvalue weighted by atomic mass is 9.84. The van der Waals surface area contributed by atoms with Crippen molar-refractivity contribution in [2.45, 2.75) is 39.7 Å². The molecule has 0 N–H and O–H groups in total. The molecule has 0 aromatic heterocycles. The van der Waals surface area contributed by atoms with Crippen LogP contribution in [-0.4, -0.2) is 19.0 Å². The van der Waals surface area contributed by atoms with Gasteiger partial charge >= 0.3 is 0 Å². The monoisotopic (exact) mass is 242 g/mol. The lowest BCUT2D eigenvalue weighted by molar-refractivity contribution is 0.230. The summed E-state index contributed by atoms with van der Waals surface area (Å²) in [7, 11) is 4.17. The van der Waals surface area contributed by atoms with Gasteiger partial charge in [-0.25, -0.2) is 0 Å². The highest BCUT2D eigenvalue weighted by Crippen LogP contribution is 2.57. The van der Waals surface area contributed by atoms with Gasteiger partial charge < -0.3 is 4.90 Å². The average Bonchev–Trinajstić information content (AvgIpc) is 3.03. The zero-order valence-corrected chi connectivity index (χ0v) is 12.0. The van der Waals surface area contributed by atoms with Crippen LogP contribution in [-0.2, 0) is 0 Å². The van der Waals surface area contributed by atoms with Gasteiger partial charge in [0.2, 0.25) is 0 Å². The van der Waals surface area contributed by atoms with Crippen molar-refractivity contribution in [3.63, 3.8) is 0 Å². The van der Waals surface area contributed by atoms with Crippen LogP contribution in [0.15, 0.2) is 12.1 Å². The molecule has 0 saturated heterocycles. The van der Waals surface area contributed by atoms with Crippen LogP contribution >= 0.6 is 0 Å². The van der Waals surface area contributed by atoms with Crippen LogP contribution in [0.5, 0.6) is 0 Å². The largest absolute Gasteiger partial charge is 0.301 e. The second-order valence-corrected chi connectivity index (χ2v) is 5.95. The van der Waals surface area contributed by atoms with Crippen LogP contribution in [0, 0.1) is 37.5 Å².